The molecule has 2 fully saturated rings. The lowest BCUT2D eigenvalue weighted by Crippen LogP contribution is -2.17. The zero-order valence-corrected chi connectivity index (χ0v) is 13.3. The summed E-state index contributed by atoms with van der Waals surface area (Å²) in [7, 11) is 0. The van der Waals surface area contributed by atoms with Crippen molar-refractivity contribution in [1.82, 2.24) is 15.5 Å². The van der Waals surface area contributed by atoms with Crippen LogP contribution in [0.25, 0.3) is 0 Å². The highest BCUT2D eigenvalue weighted by Crippen LogP contribution is 2.73. The van der Waals surface area contributed by atoms with E-state index < -0.39 is 0 Å². The monoisotopic (exact) mass is 279 g/mol. The number of hydrogen-bond donors (Lipinski definition) is 1. The second-order valence-electron chi connectivity index (χ2n) is 7.24. The largest absolute Gasteiger partial charge is 0.314 e. The molecule has 1 aromatic heterocycles. The molecular formula is C15H25N3S. The first kappa shape index (κ1) is 13.5. The number of nitrogens with one attached hydrogen (secondary N) is 1. The van der Waals surface area contributed by atoms with Crippen molar-refractivity contribution in [3.8, 4) is 0 Å². The van der Waals surface area contributed by atoms with Crippen LogP contribution in [-0.2, 0) is 6.42 Å². The minimum absolute atomic E-state index is 0.372. The molecule has 19 heavy (non-hydrogen) atoms. The molecule has 0 unspecified atom stereocenters. The standard InChI is InChI=1S/C15H25N3S/c1-14(2)12(15(14,3)4)13-18-17-11(19-13)6-5-9-16-10-7-8-10/h10,12,16H,5-9H2,1-4H3. The summed E-state index contributed by atoms with van der Waals surface area (Å²) in [5.74, 6) is 0.593. The second kappa shape index (κ2) is 4.52. The molecule has 0 aromatic carbocycles. The Morgan fingerprint density at radius 1 is 1.16 bits per heavy atom. The first-order chi connectivity index (χ1) is 8.93. The lowest BCUT2D eigenvalue weighted by molar-refractivity contribution is 0.457. The van der Waals surface area contributed by atoms with Crippen molar-refractivity contribution >= 4 is 11.3 Å². The van der Waals surface area contributed by atoms with Gasteiger partial charge >= 0.3 is 0 Å². The molecule has 0 aliphatic heterocycles. The van der Waals surface area contributed by atoms with Crippen LogP contribution >= 0.6 is 11.3 Å². The fourth-order valence-corrected chi connectivity index (χ4v) is 4.49. The van der Waals surface area contributed by atoms with Crippen LogP contribution in [-0.4, -0.2) is 22.8 Å². The first-order valence-electron chi connectivity index (χ1n) is 7.48. The van der Waals surface area contributed by atoms with Crippen LogP contribution in [0, 0.1) is 10.8 Å². The van der Waals surface area contributed by atoms with E-state index in [9.17, 15) is 0 Å². The van der Waals surface area contributed by atoms with Gasteiger partial charge in [-0.2, -0.15) is 0 Å². The van der Waals surface area contributed by atoms with E-state index in [2.05, 4.69) is 43.2 Å². The van der Waals surface area contributed by atoms with Gasteiger partial charge in [-0.05, 0) is 36.6 Å². The first-order valence-corrected chi connectivity index (χ1v) is 8.30. The van der Waals surface area contributed by atoms with Crippen molar-refractivity contribution in [3.63, 3.8) is 0 Å². The van der Waals surface area contributed by atoms with Gasteiger partial charge in [0.15, 0.2) is 0 Å². The maximum Gasteiger partial charge on any atom is 0.121 e. The van der Waals surface area contributed by atoms with Crippen LogP contribution in [0.5, 0.6) is 0 Å². The molecular weight excluding hydrogens is 254 g/mol. The summed E-state index contributed by atoms with van der Waals surface area (Å²) < 4.78 is 0. The fraction of sp³-hybridized carbons (Fsp3) is 0.867. The molecule has 0 bridgehead atoms. The zero-order valence-electron chi connectivity index (χ0n) is 12.5. The van der Waals surface area contributed by atoms with Crippen molar-refractivity contribution in [2.75, 3.05) is 6.54 Å². The summed E-state index contributed by atoms with van der Waals surface area (Å²) in [6.45, 7) is 10.5. The average Bonchev–Trinajstić information content (AvgIpc) is 3.14. The van der Waals surface area contributed by atoms with Crippen LogP contribution in [0.15, 0.2) is 0 Å². The van der Waals surface area contributed by atoms with E-state index in [1.807, 2.05) is 11.3 Å². The molecule has 2 aliphatic rings. The third kappa shape index (κ3) is 2.45. The molecule has 0 saturated heterocycles. The predicted molar refractivity (Wildman–Crippen MR) is 79.6 cm³/mol. The molecule has 106 valence electrons. The summed E-state index contributed by atoms with van der Waals surface area (Å²) in [6, 6.07) is 0.818. The molecule has 4 heteroatoms. The second-order valence-corrected chi connectivity index (χ2v) is 8.34. The Morgan fingerprint density at radius 3 is 2.42 bits per heavy atom. The number of aryl methyl sites for hydroxylation is 1. The van der Waals surface area contributed by atoms with E-state index in [0.29, 0.717) is 16.7 Å². The SMILES string of the molecule is CC1(C)C(c2nnc(CCCNC3CC3)s2)C1(C)C. The smallest absolute Gasteiger partial charge is 0.121 e. The Bertz CT molecular complexity index is 446. The Labute approximate surface area is 120 Å². The van der Waals surface area contributed by atoms with E-state index in [1.165, 1.54) is 29.3 Å². The van der Waals surface area contributed by atoms with Crippen LogP contribution in [0.4, 0.5) is 0 Å². The third-order valence-electron chi connectivity index (χ3n) is 5.33. The number of aromatic nitrogens is 2. The van der Waals surface area contributed by atoms with Gasteiger partial charge in [-0.25, -0.2) is 0 Å². The minimum atomic E-state index is 0.372. The van der Waals surface area contributed by atoms with Crippen molar-refractivity contribution in [2.45, 2.75) is 65.3 Å². The summed E-state index contributed by atoms with van der Waals surface area (Å²) in [5.41, 5.74) is 0.745. The molecule has 2 saturated carbocycles. The molecule has 0 spiro atoms. The predicted octanol–water partition coefficient (Wildman–Crippen LogP) is 3.37. The van der Waals surface area contributed by atoms with E-state index >= 15 is 0 Å². The number of hydrogen-bond acceptors (Lipinski definition) is 4. The maximum atomic E-state index is 4.44. The van der Waals surface area contributed by atoms with Gasteiger partial charge in [-0.15, -0.1) is 21.5 Å². The lowest BCUT2D eigenvalue weighted by atomic mass is 10.0. The number of nitrogens with zero attached hydrogens (tertiary/aromatic N) is 2. The Balaban J connectivity index is 1.52. The normalized spacial score (nSPS) is 24.6. The van der Waals surface area contributed by atoms with Gasteiger partial charge in [0.2, 0.25) is 0 Å². The Kier molecular flexibility index (Phi) is 3.21. The highest BCUT2D eigenvalue weighted by molar-refractivity contribution is 7.11. The van der Waals surface area contributed by atoms with Crippen LogP contribution in [0.3, 0.4) is 0 Å². The molecule has 3 nitrogen and oxygen atoms in total. The quantitative estimate of drug-likeness (QED) is 0.811. The van der Waals surface area contributed by atoms with Crippen molar-refractivity contribution < 1.29 is 0 Å². The zero-order chi connectivity index (χ0) is 13.7. The Hall–Kier alpha value is -0.480. The van der Waals surface area contributed by atoms with Gasteiger partial charge in [0.05, 0.1) is 0 Å². The van der Waals surface area contributed by atoms with Crippen molar-refractivity contribution in [2.24, 2.45) is 10.8 Å². The third-order valence-corrected chi connectivity index (χ3v) is 6.38. The molecule has 1 heterocycles. The summed E-state index contributed by atoms with van der Waals surface area (Å²) in [6.07, 6.45) is 5.00. The van der Waals surface area contributed by atoms with E-state index in [4.69, 9.17) is 0 Å². The van der Waals surface area contributed by atoms with E-state index in [-0.39, 0.29) is 0 Å². The van der Waals surface area contributed by atoms with Gasteiger partial charge in [0.1, 0.15) is 10.0 Å². The topological polar surface area (TPSA) is 37.8 Å². The molecule has 0 amide bonds. The number of rotatable bonds is 6. The summed E-state index contributed by atoms with van der Waals surface area (Å²) in [4.78, 5) is 0. The molecule has 2 aliphatic carbocycles. The van der Waals surface area contributed by atoms with E-state index in [0.717, 1.165) is 19.0 Å². The van der Waals surface area contributed by atoms with Crippen LogP contribution in [0.1, 0.15) is 62.9 Å². The van der Waals surface area contributed by atoms with Crippen LogP contribution in [0.2, 0.25) is 0 Å². The summed E-state index contributed by atoms with van der Waals surface area (Å²) >= 11 is 1.83. The van der Waals surface area contributed by atoms with Gasteiger partial charge < -0.3 is 5.32 Å². The van der Waals surface area contributed by atoms with Gasteiger partial charge in [0, 0.05) is 18.4 Å². The lowest BCUT2D eigenvalue weighted by Gasteiger charge is -2.03. The molecule has 3 rings (SSSR count). The Morgan fingerprint density at radius 2 is 1.84 bits per heavy atom. The highest BCUT2D eigenvalue weighted by atomic mass is 32.1. The van der Waals surface area contributed by atoms with Crippen molar-refractivity contribution in [1.29, 1.82) is 0 Å². The van der Waals surface area contributed by atoms with Crippen molar-refractivity contribution in [3.05, 3.63) is 10.0 Å². The average molecular weight is 279 g/mol. The highest BCUT2D eigenvalue weighted by Gasteiger charge is 2.66. The molecule has 1 N–H and O–H groups in total. The molecule has 0 atom stereocenters. The van der Waals surface area contributed by atoms with Gasteiger partial charge in [-0.3, -0.25) is 0 Å². The maximum absolute atomic E-state index is 4.44. The fourth-order valence-electron chi connectivity index (χ4n) is 3.13. The molecule has 1 aromatic rings. The van der Waals surface area contributed by atoms with Gasteiger partial charge in [-0.1, -0.05) is 27.7 Å². The van der Waals surface area contributed by atoms with Crippen LogP contribution < -0.4 is 5.32 Å². The molecule has 0 radical (unpaired) electrons. The summed E-state index contributed by atoms with van der Waals surface area (Å²) in [5, 5.41) is 14.8. The van der Waals surface area contributed by atoms with E-state index in [1.54, 1.807) is 0 Å². The van der Waals surface area contributed by atoms with Gasteiger partial charge in [0.25, 0.3) is 0 Å². The minimum Gasteiger partial charge on any atom is -0.314 e.